The van der Waals surface area contributed by atoms with Gasteiger partial charge in [-0.25, -0.2) is 0 Å². The van der Waals surface area contributed by atoms with Gasteiger partial charge >= 0.3 is 0 Å². The highest BCUT2D eigenvalue weighted by atomic mass is 28.4. The molecule has 0 N–H and O–H groups in total. The average molecular weight is 229 g/mol. The maximum absolute atomic E-state index is 4.45. The van der Waals surface area contributed by atoms with Gasteiger partial charge in [0, 0.05) is 0 Å². The van der Waals surface area contributed by atoms with Gasteiger partial charge in [-0.3, -0.25) is 0 Å². The van der Waals surface area contributed by atoms with E-state index in [1.165, 1.54) is 24.9 Å². The Bertz CT molecular complexity index is 192. The van der Waals surface area contributed by atoms with E-state index in [-0.39, 0.29) is 0 Å². The number of hydrogen-bond acceptors (Lipinski definition) is 0. The van der Waals surface area contributed by atoms with Gasteiger partial charge in [0.05, 0.1) is 16.1 Å². The van der Waals surface area contributed by atoms with Crippen LogP contribution in [0.25, 0.3) is 0 Å². The summed E-state index contributed by atoms with van der Waals surface area (Å²) in [5.41, 5.74) is 0. The molecule has 0 spiro atoms. The summed E-state index contributed by atoms with van der Waals surface area (Å²) < 4.78 is 0. The Balaban J connectivity index is 4.49. The van der Waals surface area contributed by atoms with Crippen molar-refractivity contribution in [2.24, 2.45) is 0 Å². The van der Waals surface area contributed by atoms with Gasteiger partial charge in [0.15, 0.2) is 0 Å². The second kappa shape index (κ2) is 5.31. The molecule has 0 atom stereocenters. The van der Waals surface area contributed by atoms with Crippen molar-refractivity contribution in [1.29, 1.82) is 0 Å². The molecule has 0 bridgehead atoms. The van der Waals surface area contributed by atoms with Crippen molar-refractivity contribution in [2.45, 2.75) is 65.0 Å². The van der Waals surface area contributed by atoms with Gasteiger partial charge < -0.3 is 0 Å². The monoisotopic (exact) mass is 228 g/mol. The third kappa shape index (κ3) is 3.73. The molecule has 0 aromatic rings. The average Bonchev–Trinajstić information content (AvgIpc) is 2.13. The second-order valence-corrected chi connectivity index (χ2v) is 16.2. The minimum atomic E-state index is -1.12. The fourth-order valence-corrected chi connectivity index (χ4v) is 12.1. The predicted molar refractivity (Wildman–Crippen MR) is 74.3 cm³/mol. The zero-order valence-corrected chi connectivity index (χ0v) is 13.0. The largest absolute Gasteiger partial charge is 0.108 e. The maximum Gasteiger partial charge on any atom is 0.0705 e. The highest BCUT2D eigenvalue weighted by Gasteiger charge is 2.34. The van der Waals surface area contributed by atoms with Crippen LogP contribution in [0.5, 0.6) is 0 Å². The SMILES string of the molecule is C=C([Si](C)(C)CC)[Si](C)(C)CCCC. The Hall–Kier alpha value is 0.174. The second-order valence-electron chi connectivity index (χ2n) is 5.70. The summed E-state index contributed by atoms with van der Waals surface area (Å²) in [5.74, 6) is 0. The Labute approximate surface area is 92.8 Å². The van der Waals surface area contributed by atoms with E-state index >= 15 is 0 Å². The molecule has 0 nitrogen and oxygen atoms in total. The van der Waals surface area contributed by atoms with Gasteiger partial charge in [0.2, 0.25) is 0 Å². The van der Waals surface area contributed by atoms with Gasteiger partial charge in [-0.05, 0) is 0 Å². The van der Waals surface area contributed by atoms with Crippen LogP contribution in [0.3, 0.4) is 0 Å². The van der Waals surface area contributed by atoms with Crippen LogP contribution >= 0.6 is 0 Å². The lowest BCUT2D eigenvalue weighted by atomic mass is 10.4. The molecule has 0 radical (unpaired) electrons. The summed E-state index contributed by atoms with van der Waals surface area (Å²) in [6.07, 6.45) is 2.73. The van der Waals surface area contributed by atoms with Crippen LogP contribution in [0.4, 0.5) is 0 Å². The van der Waals surface area contributed by atoms with Crippen LogP contribution in [-0.4, -0.2) is 16.1 Å². The minimum Gasteiger partial charge on any atom is -0.108 e. The first-order valence-electron chi connectivity index (χ1n) is 5.97. The van der Waals surface area contributed by atoms with Crippen molar-refractivity contribution in [2.75, 3.05) is 0 Å². The van der Waals surface area contributed by atoms with Crippen LogP contribution in [0.2, 0.25) is 38.3 Å². The van der Waals surface area contributed by atoms with Crippen molar-refractivity contribution in [3.05, 3.63) is 11.4 Å². The van der Waals surface area contributed by atoms with Gasteiger partial charge in [0.25, 0.3) is 0 Å². The Morgan fingerprint density at radius 3 is 1.86 bits per heavy atom. The molecule has 0 aliphatic heterocycles. The standard InChI is InChI=1S/C12H28Si2/c1-8-10-11-14(6,7)12(3)13(4,5)9-2/h3,8-11H2,1-2,4-7H3. The molecule has 0 amide bonds. The lowest BCUT2D eigenvalue weighted by Gasteiger charge is -2.35. The van der Waals surface area contributed by atoms with Crippen LogP contribution in [0, 0.1) is 0 Å². The van der Waals surface area contributed by atoms with Crippen LogP contribution < -0.4 is 0 Å². The van der Waals surface area contributed by atoms with Gasteiger partial charge in [0.1, 0.15) is 0 Å². The lowest BCUT2D eigenvalue weighted by molar-refractivity contribution is 0.869. The molecule has 0 fully saturated rings. The van der Waals surface area contributed by atoms with E-state index in [0.29, 0.717) is 0 Å². The molecule has 0 aromatic carbocycles. The molecule has 0 saturated carbocycles. The van der Waals surface area contributed by atoms with Crippen molar-refractivity contribution >= 4 is 16.1 Å². The molecule has 0 rings (SSSR count). The molecule has 84 valence electrons. The van der Waals surface area contributed by atoms with E-state index in [9.17, 15) is 0 Å². The van der Waals surface area contributed by atoms with Crippen LogP contribution in [-0.2, 0) is 0 Å². The highest BCUT2D eigenvalue weighted by Crippen LogP contribution is 2.30. The molecule has 0 aromatic heterocycles. The van der Waals surface area contributed by atoms with E-state index in [0.717, 1.165) is 0 Å². The first-order chi connectivity index (χ1) is 6.28. The summed E-state index contributed by atoms with van der Waals surface area (Å²) in [5, 5.41) is 0. The summed E-state index contributed by atoms with van der Waals surface area (Å²) in [6, 6.07) is 2.80. The Morgan fingerprint density at radius 1 is 1.00 bits per heavy atom. The van der Waals surface area contributed by atoms with Gasteiger partial charge in [-0.15, -0.1) is 6.58 Å². The molecule has 0 aliphatic carbocycles. The van der Waals surface area contributed by atoms with E-state index in [1.807, 2.05) is 0 Å². The van der Waals surface area contributed by atoms with E-state index in [1.54, 1.807) is 4.82 Å². The number of rotatable bonds is 6. The van der Waals surface area contributed by atoms with Gasteiger partial charge in [-0.2, -0.15) is 0 Å². The Kier molecular flexibility index (Phi) is 5.38. The van der Waals surface area contributed by atoms with E-state index in [4.69, 9.17) is 0 Å². The zero-order chi connectivity index (χ0) is 11.4. The lowest BCUT2D eigenvalue weighted by Crippen LogP contribution is -2.43. The normalized spacial score (nSPS) is 13.0. The van der Waals surface area contributed by atoms with Crippen molar-refractivity contribution in [1.82, 2.24) is 0 Å². The molecular formula is C12H28Si2. The molecule has 0 saturated heterocycles. The summed E-state index contributed by atoms with van der Waals surface area (Å²) >= 11 is 0. The van der Waals surface area contributed by atoms with Gasteiger partial charge in [-0.1, -0.05) is 69.8 Å². The summed E-state index contributed by atoms with van der Waals surface area (Å²) in [6.45, 7) is 19.1. The number of hydrogen-bond donors (Lipinski definition) is 0. The van der Waals surface area contributed by atoms with Crippen molar-refractivity contribution in [3.8, 4) is 0 Å². The minimum absolute atomic E-state index is 1.10. The Morgan fingerprint density at radius 2 is 1.50 bits per heavy atom. The first kappa shape index (κ1) is 14.2. The molecule has 2 heteroatoms. The fraction of sp³-hybridized carbons (Fsp3) is 0.833. The molecular weight excluding hydrogens is 200 g/mol. The maximum atomic E-state index is 4.45. The van der Waals surface area contributed by atoms with E-state index < -0.39 is 16.1 Å². The van der Waals surface area contributed by atoms with Crippen molar-refractivity contribution in [3.63, 3.8) is 0 Å². The highest BCUT2D eigenvalue weighted by molar-refractivity contribution is 7.05. The topological polar surface area (TPSA) is 0 Å². The third-order valence-electron chi connectivity index (χ3n) is 3.67. The molecule has 0 unspecified atom stereocenters. The number of unbranched alkanes of at least 4 members (excludes halogenated alkanes) is 1. The molecule has 0 aliphatic rings. The summed E-state index contributed by atoms with van der Waals surface area (Å²) in [4.78, 5) is 1.70. The zero-order valence-electron chi connectivity index (χ0n) is 11.0. The van der Waals surface area contributed by atoms with Crippen LogP contribution in [0.1, 0.15) is 26.7 Å². The molecule has 0 heterocycles. The van der Waals surface area contributed by atoms with E-state index in [2.05, 4.69) is 46.6 Å². The quantitative estimate of drug-likeness (QED) is 0.570. The van der Waals surface area contributed by atoms with Crippen LogP contribution in [0.15, 0.2) is 11.4 Å². The smallest absolute Gasteiger partial charge is 0.0705 e. The summed E-state index contributed by atoms with van der Waals surface area (Å²) in [7, 11) is -2.22. The van der Waals surface area contributed by atoms with Crippen molar-refractivity contribution < 1.29 is 0 Å². The molecule has 14 heavy (non-hydrogen) atoms. The third-order valence-corrected chi connectivity index (χ3v) is 14.4. The fourth-order valence-electron chi connectivity index (χ4n) is 1.90. The predicted octanol–water partition coefficient (Wildman–Crippen LogP) is 4.86. The first-order valence-corrected chi connectivity index (χ1v) is 12.4.